The van der Waals surface area contributed by atoms with Gasteiger partial charge in [0.05, 0.1) is 33.4 Å². The van der Waals surface area contributed by atoms with Crippen LogP contribution >= 0.6 is 0 Å². The average molecular weight is 931 g/mol. The third-order valence-corrected chi connectivity index (χ3v) is 10.9. The molecule has 0 bridgehead atoms. The molecular formula is C57H38O13. The van der Waals surface area contributed by atoms with Crippen molar-refractivity contribution in [2.24, 2.45) is 0 Å². The molecule has 1 aliphatic rings. The van der Waals surface area contributed by atoms with Crippen molar-refractivity contribution in [3.8, 4) is 34.5 Å². The van der Waals surface area contributed by atoms with Crippen molar-refractivity contribution in [2.45, 2.75) is 18.6 Å². The maximum atomic E-state index is 14.1. The SMILES string of the molecule is O=C(Oc1ccc(C(=O)OC2Cc3c(OC(=O)c4ccccc4)cc(OC(=O)c4ccccc4)cc3OC2c2ccc(OC(=O)c3ccccc3)c(OC(=O)c3ccccc3)c2)cc1)c1ccccc1. The highest BCUT2D eigenvalue weighted by Crippen LogP contribution is 2.45. The lowest BCUT2D eigenvalue weighted by atomic mass is 9.93. The number of fused-ring (bicyclic) bond motifs is 1. The quantitative estimate of drug-likeness (QED) is 0.0792. The van der Waals surface area contributed by atoms with Crippen LogP contribution < -0.4 is 28.4 Å². The first-order valence-corrected chi connectivity index (χ1v) is 21.8. The fourth-order valence-corrected chi connectivity index (χ4v) is 7.37. The maximum absolute atomic E-state index is 14.1. The predicted molar refractivity (Wildman–Crippen MR) is 253 cm³/mol. The van der Waals surface area contributed by atoms with Gasteiger partial charge in [-0.15, -0.1) is 0 Å². The molecule has 0 amide bonds. The molecule has 1 heterocycles. The topological polar surface area (TPSA) is 167 Å². The second kappa shape index (κ2) is 20.9. The number of carbonyl (C=O) groups is 6. The van der Waals surface area contributed by atoms with Gasteiger partial charge in [-0.05, 0) is 97.1 Å². The van der Waals surface area contributed by atoms with Gasteiger partial charge in [-0.3, -0.25) is 0 Å². The van der Waals surface area contributed by atoms with Gasteiger partial charge in [-0.1, -0.05) is 97.1 Å². The molecule has 8 aromatic carbocycles. The summed E-state index contributed by atoms with van der Waals surface area (Å²) in [5.41, 5.74) is 1.92. The zero-order valence-electron chi connectivity index (χ0n) is 36.8. The van der Waals surface area contributed by atoms with Crippen molar-refractivity contribution >= 4 is 35.8 Å². The molecule has 0 spiro atoms. The number of hydrogen-bond donors (Lipinski definition) is 0. The van der Waals surface area contributed by atoms with E-state index in [9.17, 15) is 28.8 Å². The van der Waals surface area contributed by atoms with Gasteiger partial charge < -0.3 is 33.2 Å². The van der Waals surface area contributed by atoms with Crippen molar-refractivity contribution < 1.29 is 61.9 Å². The Morgan fingerprint density at radius 2 is 0.757 bits per heavy atom. The van der Waals surface area contributed by atoms with Crippen molar-refractivity contribution in [3.05, 3.63) is 251 Å². The lowest BCUT2D eigenvalue weighted by Gasteiger charge is -2.34. The van der Waals surface area contributed by atoms with Crippen molar-refractivity contribution in [2.75, 3.05) is 0 Å². The number of ether oxygens (including phenoxy) is 7. The standard InChI is InChI=1S/C57H38O13/c58-52(36-16-6-1-7-17-36)64-43-29-26-41(27-30-43)57(63)70-50-35-45-47(33-44(65-53(59)37-18-8-2-9-19-37)34-48(45)68-55(61)39-22-12-4-13-23-39)66-51(50)42-28-31-46(67-54(60)38-20-10-3-11-21-38)49(32-42)69-56(62)40-24-14-5-15-25-40/h1-34,50-51H,35H2. The Hall–Kier alpha value is -9.62. The molecule has 13 heteroatoms. The minimum absolute atomic E-state index is 0.0358. The minimum Gasteiger partial charge on any atom is -0.481 e. The summed E-state index contributed by atoms with van der Waals surface area (Å²) in [4.78, 5) is 80.8. The Labute approximate surface area is 400 Å². The normalized spacial score (nSPS) is 13.5. The summed E-state index contributed by atoms with van der Waals surface area (Å²) >= 11 is 0. The highest BCUT2D eigenvalue weighted by atomic mass is 16.6. The van der Waals surface area contributed by atoms with Gasteiger partial charge in [0.15, 0.2) is 17.6 Å². The van der Waals surface area contributed by atoms with E-state index in [1.165, 1.54) is 48.5 Å². The molecule has 0 aliphatic carbocycles. The molecule has 1 aliphatic heterocycles. The van der Waals surface area contributed by atoms with Crippen molar-refractivity contribution in [1.82, 2.24) is 0 Å². The van der Waals surface area contributed by atoms with E-state index in [2.05, 4.69) is 0 Å². The largest absolute Gasteiger partial charge is 0.481 e. The number of hydrogen-bond acceptors (Lipinski definition) is 13. The summed E-state index contributed by atoms with van der Waals surface area (Å²) in [6, 6.07) is 54.3. The first-order valence-electron chi connectivity index (χ1n) is 21.8. The Balaban J connectivity index is 1.10. The second-order valence-electron chi connectivity index (χ2n) is 15.6. The molecule has 2 unspecified atom stereocenters. The van der Waals surface area contributed by atoms with Crippen LogP contribution in [0.25, 0.3) is 0 Å². The van der Waals surface area contributed by atoms with Gasteiger partial charge in [-0.2, -0.15) is 0 Å². The molecule has 8 aromatic rings. The molecule has 0 radical (unpaired) electrons. The smallest absolute Gasteiger partial charge is 0.343 e. The summed E-state index contributed by atoms with van der Waals surface area (Å²) in [6.45, 7) is 0. The molecular weight excluding hydrogens is 893 g/mol. The van der Waals surface area contributed by atoms with Crippen LogP contribution in [0, 0.1) is 0 Å². The first kappa shape index (κ1) is 45.5. The van der Waals surface area contributed by atoms with E-state index in [0.717, 1.165) is 0 Å². The van der Waals surface area contributed by atoms with Crippen LogP contribution in [0.15, 0.2) is 206 Å². The molecule has 344 valence electrons. The molecule has 2 atom stereocenters. The average Bonchev–Trinajstić information content (AvgIpc) is 3.40. The summed E-state index contributed by atoms with van der Waals surface area (Å²) < 4.78 is 41.9. The Bertz CT molecular complexity index is 3200. The van der Waals surface area contributed by atoms with Gasteiger partial charge in [0.25, 0.3) is 0 Å². The van der Waals surface area contributed by atoms with Crippen LogP contribution in [0.5, 0.6) is 34.5 Å². The minimum atomic E-state index is -1.20. The fourth-order valence-electron chi connectivity index (χ4n) is 7.37. The Morgan fingerprint density at radius 3 is 1.23 bits per heavy atom. The van der Waals surface area contributed by atoms with Crippen LogP contribution in [-0.4, -0.2) is 41.9 Å². The monoisotopic (exact) mass is 930 g/mol. The Morgan fingerprint density at radius 1 is 0.357 bits per heavy atom. The molecule has 0 saturated carbocycles. The predicted octanol–water partition coefficient (Wildman–Crippen LogP) is 10.7. The van der Waals surface area contributed by atoms with E-state index in [-0.39, 0.29) is 79.9 Å². The fraction of sp³-hybridized carbons (Fsp3) is 0.0526. The van der Waals surface area contributed by atoms with Crippen LogP contribution in [-0.2, 0) is 11.2 Å². The first-order chi connectivity index (χ1) is 34.1. The van der Waals surface area contributed by atoms with Crippen LogP contribution in [0.2, 0.25) is 0 Å². The van der Waals surface area contributed by atoms with E-state index in [4.69, 9.17) is 33.2 Å². The lowest BCUT2D eigenvalue weighted by molar-refractivity contribution is -0.0189. The highest BCUT2D eigenvalue weighted by Gasteiger charge is 2.38. The Kier molecular flexibility index (Phi) is 13.6. The van der Waals surface area contributed by atoms with E-state index in [1.54, 1.807) is 158 Å². The summed E-state index contributed by atoms with van der Waals surface area (Å²) in [5.74, 6) is -4.40. The third-order valence-electron chi connectivity index (χ3n) is 10.9. The highest BCUT2D eigenvalue weighted by molar-refractivity contribution is 5.95. The lowest BCUT2D eigenvalue weighted by Crippen LogP contribution is -2.35. The summed E-state index contributed by atoms with van der Waals surface area (Å²) in [6.07, 6.45) is -2.53. The van der Waals surface area contributed by atoms with Crippen LogP contribution in [0.3, 0.4) is 0 Å². The van der Waals surface area contributed by atoms with Gasteiger partial charge in [0.1, 0.15) is 29.1 Å². The van der Waals surface area contributed by atoms with Gasteiger partial charge in [0, 0.05) is 29.7 Å². The molecule has 0 N–H and O–H groups in total. The molecule has 0 aromatic heterocycles. The molecule has 0 fully saturated rings. The number of benzene rings is 8. The maximum Gasteiger partial charge on any atom is 0.343 e. The van der Waals surface area contributed by atoms with Gasteiger partial charge in [-0.25, -0.2) is 28.8 Å². The molecule has 0 saturated heterocycles. The zero-order chi connectivity index (χ0) is 48.4. The van der Waals surface area contributed by atoms with Crippen LogP contribution in [0.1, 0.15) is 79.4 Å². The molecule has 13 nitrogen and oxygen atoms in total. The summed E-state index contributed by atoms with van der Waals surface area (Å²) in [5, 5.41) is 0. The van der Waals surface area contributed by atoms with Gasteiger partial charge in [0.2, 0.25) is 0 Å². The van der Waals surface area contributed by atoms with Crippen LogP contribution in [0.4, 0.5) is 0 Å². The van der Waals surface area contributed by atoms with Crippen molar-refractivity contribution in [1.29, 1.82) is 0 Å². The second-order valence-corrected chi connectivity index (χ2v) is 15.6. The van der Waals surface area contributed by atoms with Gasteiger partial charge >= 0.3 is 35.8 Å². The number of rotatable bonds is 13. The van der Waals surface area contributed by atoms with E-state index >= 15 is 0 Å². The zero-order valence-corrected chi connectivity index (χ0v) is 36.8. The van der Waals surface area contributed by atoms with E-state index < -0.39 is 48.0 Å². The van der Waals surface area contributed by atoms with E-state index in [0.29, 0.717) is 5.56 Å². The molecule has 70 heavy (non-hydrogen) atoms. The van der Waals surface area contributed by atoms with Crippen molar-refractivity contribution in [3.63, 3.8) is 0 Å². The molecule has 9 rings (SSSR count). The summed E-state index contributed by atoms with van der Waals surface area (Å²) in [7, 11) is 0. The number of esters is 6. The number of carbonyl (C=O) groups excluding carboxylic acids is 6. The van der Waals surface area contributed by atoms with E-state index in [1.807, 2.05) is 0 Å². The third kappa shape index (κ3) is 10.8.